The molecule has 0 unspecified atom stereocenters. The van der Waals surface area contributed by atoms with Crippen molar-refractivity contribution in [3.63, 3.8) is 0 Å². The van der Waals surface area contributed by atoms with Gasteiger partial charge in [-0.2, -0.15) is 0 Å². The molecule has 0 bridgehead atoms. The predicted octanol–water partition coefficient (Wildman–Crippen LogP) is 11.6. The summed E-state index contributed by atoms with van der Waals surface area (Å²) < 4.78 is 16.5. The van der Waals surface area contributed by atoms with Gasteiger partial charge in [-0.25, -0.2) is 0 Å². The minimum Gasteiger partial charge on any atom is -0.462 e. The van der Waals surface area contributed by atoms with Crippen LogP contribution in [0.25, 0.3) is 0 Å². The molecule has 0 aromatic rings. The summed E-state index contributed by atoms with van der Waals surface area (Å²) >= 11 is 0. The van der Waals surface area contributed by atoms with Gasteiger partial charge in [0, 0.05) is 19.3 Å². The summed E-state index contributed by atoms with van der Waals surface area (Å²) in [5.74, 6) is -0.0509. The van der Waals surface area contributed by atoms with Gasteiger partial charge in [0.05, 0.1) is 0 Å². The highest BCUT2D eigenvalue weighted by molar-refractivity contribution is 5.71. The molecule has 0 aliphatic rings. The highest BCUT2D eigenvalue weighted by atomic mass is 16.6. The van der Waals surface area contributed by atoms with Gasteiger partial charge in [-0.1, -0.05) is 169 Å². The fraction of sp³-hybridized carbons (Fsp3) is 0.923. The lowest BCUT2D eigenvalue weighted by atomic mass is 10.0. The van der Waals surface area contributed by atoms with Crippen molar-refractivity contribution in [2.24, 2.45) is 5.92 Å². The molecule has 0 saturated heterocycles. The summed E-state index contributed by atoms with van der Waals surface area (Å²) in [5, 5.41) is 0. The van der Waals surface area contributed by atoms with Crippen molar-refractivity contribution in [3.05, 3.63) is 0 Å². The van der Waals surface area contributed by atoms with Gasteiger partial charge >= 0.3 is 17.9 Å². The zero-order chi connectivity index (χ0) is 33.2. The van der Waals surface area contributed by atoms with Crippen LogP contribution in [0.5, 0.6) is 0 Å². The van der Waals surface area contributed by atoms with Gasteiger partial charge in [0.15, 0.2) is 6.10 Å². The van der Waals surface area contributed by atoms with Crippen LogP contribution < -0.4 is 0 Å². The first-order valence-corrected chi connectivity index (χ1v) is 19.4. The van der Waals surface area contributed by atoms with E-state index in [-0.39, 0.29) is 31.1 Å². The number of carbonyl (C=O) groups is 3. The number of carbonyl (C=O) groups excluding carboxylic acids is 3. The lowest BCUT2D eigenvalue weighted by Crippen LogP contribution is -2.30. The monoisotopic (exact) mass is 639 g/mol. The highest BCUT2D eigenvalue weighted by Crippen LogP contribution is 2.15. The molecule has 6 heteroatoms. The Morgan fingerprint density at radius 2 is 0.733 bits per heavy atom. The van der Waals surface area contributed by atoms with Gasteiger partial charge in [0.2, 0.25) is 0 Å². The third-order valence-electron chi connectivity index (χ3n) is 8.54. The summed E-state index contributed by atoms with van der Waals surface area (Å²) in [5.41, 5.74) is 0. The number of hydrogen-bond acceptors (Lipinski definition) is 6. The van der Waals surface area contributed by atoms with E-state index in [1.165, 1.54) is 96.3 Å². The summed E-state index contributed by atoms with van der Waals surface area (Å²) in [6.45, 7) is 8.84. The second kappa shape index (κ2) is 33.8. The third-order valence-corrected chi connectivity index (χ3v) is 8.54. The predicted molar refractivity (Wildman–Crippen MR) is 187 cm³/mol. The minimum atomic E-state index is -0.755. The third kappa shape index (κ3) is 33.6. The molecule has 6 nitrogen and oxygen atoms in total. The Hall–Kier alpha value is -1.59. The Labute approximate surface area is 278 Å². The molecule has 0 aromatic carbocycles. The molecule has 45 heavy (non-hydrogen) atoms. The fourth-order valence-electron chi connectivity index (χ4n) is 5.57. The minimum absolute atomic E-state index is 0.0664. The summed E-state index contributed by atoms with van der Waals surface area (Å²) in [4.78, 5) is 37.1. The van der Waals surface area contributed by atoms with Crippen LogP contribution in [-0.4, -0.2) is 37.2 Å². The van der Waals surface area contributed by atoms with E-state index in [9.17, 15) is 14.4 Å². The summed E-state index contributed by atoms with van der Waals surface area (Å²) in [6.07, 6.45) is 29.8. The highest BCUT2D eigenvalue weighted by Gasteiger charge is 2.19. The maximum absolute atomic E-state index is 12.5. The van der Waals surface area contributed by atoms with Crippen LogP contribution >= 0.6 is 0 Å². The Morgan fingerprint density at radius 1 is 0.422 bits per heavy atom. The van der Waals surface area contributed by atoms with E-state index in [2.05, 4.69) is 27.7 Å². The molecular weight excluding hydrogens is 564 g/mol. The SMILES string of the molecule is CCCCCCCCCC(=O)O[C@@H](COC(=O)CCCCCCC)COC(=O)CCCCCCCCCCCCCCC(C)C. The van der Waals surface area contributed by atoms with Crippen molar-refractivity contribution in [1.29, 1.82) is 0 Å². The van der Waals surface area contributed by atoms with Crippen molar-refractivity contribution in [3.8, 4) is 0 Å². The van der Waals surface area contributed by atoms with Crippen LogP contribution in [0.3, 0.4) is 0 Å². The van der Waals surface area contributed by atoms with Crippen molar-refractivity contribution in [2.75, 3.05) is 13.2 Å². The van der Waals surface area contributed by atoms with Gasteiger partial charge in [-0.05, 0) is 25.2 Å². The first-order valence-electron chi connectivity index (χ1n) is 19.4. The fourth-order valence-corrected chi connectivity index (χ4v) is 5.57. The maximum Gasteiger partial charge on any atom is 0.306 e. The number of ether oxygens (including phenoxy) is 3. The van der Waals surface area contributed by atoms with Gasteiger partial charge in [0.1, 0.15) is 13.2 Å². The van der Waals surface area contributed by atoms with Crippen LogP contribution in [0.1, 0.15) is 207 Å². The molecule has 0 aliphatic heterocycles. The van der Waals surface area contributed by atoms with E-state index in [4.69, 9.17) is 14.2 Å². The van der Waals surface area contributed by atoms with Gasteiger partial charge < -0.3 is 14.2 Å². The zero-order valence-corrected chi connectivity index (χ0v) is 30.3. The van der Waals surface area contributed by atoms with Crippen molar-refractivity contribution in [1.82, 2.24) is 0 Å². The Kier molecular flexibility index (Phi) is 32.6. The van der Waals surface area contributed by atoms with E-state index in [0.717, 1.165) is 70.1 Å². The Bertz CT molecular complexity index is 676. The molecule has 0 rings (SSSR count). The molecule has 0 N–H and O–H groups in total. The van der Waals surface area contributed by atoms with Crippen LogP contribution in [0, 0.1) is 5.92 Å². The van der Waals surface area contributed by atoms with Crippen LogP contribution in [0.2, 0.25) is 0 Å². The van der Waals surface area contributed by atoms with E-state index in [1.54, 1.807) is 0 Å². The van der Waals surface area contributed by atoms with Gasteiger partial charge in [-0.3, -0.25) is 14.4 Å². The largest absolute Gasteiger partial charge is 0.462 e. The first-order chi connectivity index (χ1) is 21.9. The van der Waals surface area contributed by atoms with Gasteiger partial charge in [0.25, 0.3) is 0 Å². The maximum atomic E-state index is 12.5. The van der Waals surface area contributed by atoms with E-state index < -0.39 is 6.10 Å². The molecular formula is C39H74O6. The van der Waals surface area contributed by atoms with Gasteiger partial charge in [-0.15, -0.1) is 0 Å². The molecule has 0 saturated carbocycles. The zero-order valence-electron chi connectivity index (χ0n) is 30.3. The number of rotatable bonds is 34. The van der Waals surface area contributed by atoms with Crippen LogP contribution in [0.15, 0.2) is 0 Å². The molecule has 0 fully saturated rings. The van der Waals surface area contributed by atoms with E-state index in [0.29, 0.717) is 19.3 Å². The first kappa shape index (κ1) is 43.4. The molecule has 266 valence electrons. The average Bonchev–Trinajstić information content (AvgIpc) is 3.01. The number of esters is 3. The summed E-state index contributed by atoms with van der Waals surface area (Å²) in [7, 11) is 0. The van der Waals surface area contributed by atoms with Crippen LogP contribution in [-0.2, 0) is 28.6 Å². The van der Waals surface area contributed by atoms with Crippen molar-refractivity contribution < 1.29 is 28.6 Å². The second-order valence-electron chi connectivity index (χ2n) is 13.7. The standard InChI is InChI=1S/C39H74O6/c1-5-7-9-11-18-24-28-32-39(42)45-36(33-43-37(40)30-26-21-10-8-6-2)34-44-38(41)31-27-23-20-17-15-13-12-14-16-19-22-25-29-35(3)4/h35-36H,5-34H2,1-4H3/t36-/m0/s1. The Balaban J connectivity index is 4.16. The number of unbranched alkanes of at least 4 members (excludes halogenated alkanes) is 21. The van der Waals surface area contributed by atoms with Crippen molar-refractivity contribution >= 4 is 17.9 Å². The normalized spacial score (nSPS) is 11.9. The summed E-state index contributed by atoms with van der Waals surface area (Å²) in [6, 6.07) is 0. The van der Waals surface area contributed by atoms with E-state index >= 15 is 0 Å². The number of hydrogen-bond donors (Lipinski definition) is 0. The molecule has 0 spiro atoms. The molecule has 1 atom stereocenters. The molecule has 0 radical (unpaired) electrons. The lowest BCUT2D eigenvalue weighted by Gasteiger charge is -2.18. The smallest absolute Gasteiger partial charge is 0.306 e. The quantitative estimate of drug-likeness (QED) is 0.0396. The van der Waals surface area contributed by atoms with Crippen LogP contribution in [0.4, 0.5) is 0 Å². The Morgan fingerprint density at radius 3 is 1.09 bits per heavy atom. The molecule has 0 aliphatic carbocycles. The van der Waals surface area contributed by atoms with E-state index in [1.807, 2.05) is 0 Å². The average molecular weight is 639 g/mol. The molecule has 0 amide bonds. The van der Waals surface area contributed by atoms with Crippen molar-refractivity contribution in [2.45, 2.75) is 214 Å². The topological polar surface area (TPSA) is 78.9 Å². The molecule has 0 heterocycles. The lowest BCUT2D eigenvalue weighted by molar-refractivity contribution is -0.167. The second-order valence-corrected chi connectivity index (χ2v) is 13.7. The molecule has 0 aromatic heterocycles.